The van der Waals surface area contributed by atoms with Gasteiger partial charge in [-0.2, -0.15) is 4.31 Å². The lowest BCUT2D eigenvalue weighted by Gasteiger charge is -2.26. The first-order valence-electron chi connectivity index (χ1n) is 10.8. The second-order valence-corrected chi connectivity index (χ2v) is 11.3. The summed E-state index contributed by atoms with van der Waals surface area (Å²) >= 11 is 1.73. The Kier molecular flexibility index (Phi) is 7.38. The molecule has 8 nitrogen and oxygen atoms in total. The van der Waals surface area contributed by atoms with Gasteiger partial charge in [0.2, 0.25) is 10.0 Å². The standard InChI is InChI=1S/C23H26N2O6S2/c1-17-10-11-25(20-4-2-3-5-21(20)32-17)22(26)16-31-23(27)18-6-8-19(9-7-18)33(28,29)24-12-14-30-15-13-24/h2-9,17H,10-16H2,1H3. The van der Waals surface area contributed by atoms with Crippen molar-refractivity contribution in [1.82, 2.24) is 4.31 Å². The number of anilines is 1. The molecular formula is C23H26N2O6S2. The zero-order valence-corrected chi connectivity index (χ0v) is 19.9. The number of rotatable bonds is 5. The fourth-order valence-corrected chi connectivity index (χ4v) is 6.25. The Morgan fingerprint density at radius 2 is 1.76 bits per heavy atom. The van der Waals surface area contributed by atoms with E-state index in [9.17, 15) is 18.0 Å². The number of carbonyl (C=O) groups is 2. The van der Waals surface area contributed by atoms with Crippen molar-refractivity contribution < 1.29 is 27.5 Å². The summed E-state index contributed by atoms with van der Waals surface area (Å²) in [6, 6.07) is 13.3. The highest BCUT2D eigenvalue weighted by Gasteiger charge is 2.27. The number of para-hydroxylation sites is 1. The van der Waals surface area contributed by atoms with Crippen LogP contribution in [0.2, 0.25) is 0 Å². The van der Waals surface area contributed by atoms with Crippen LogP contribution in [0.25, 0.3) is 0 Å². The van der Waals surface area contributed by atoms with E-state index in [1.165, 1.54) is 28.6 Å². The lowest BCUT2D eigenvalue weighted by Crippen LogP contribution is -2.40. The van der Waals surface area contributed by atoms with Crippen LogP contribution in [0.15, 0.2) is 58.3 Å². The van der Waals surface area contributed by atoms with E-state index in [0.29, 0.717) is 38.1 Å². The Labute approximate surface area is 197 Å². The topological polar surface area (TPSA) is 93.2 Å². The molecule has 0 saturated carbocycles. The smallest absolute Gasteiger partial charge is 0.338 e. The van der Waals surface area contributed by atoms with Crippen LogP contribution in [-0.4, -0.2) is 69.3 Å². The van der Waals surface area contributed by atoms with E-state index in [1.54, 1.807) is 16.7 Å². The number of fused-ring (bicyclic) bond motifs is 1. The summed E-state index contributed by atoms with van der Waals surface area (Å²) in [4.78, 5) is 28.1. The molecule has 4 rings (SSSR count). The van der Waals surface area contributed by atoms with E-state index in [2.05, 4.69) is 6.92 Å². The predicted octanol–water partition coefficient (Wildman–Crippen LogP) is 2.78. The van der Waals surface area contributed by atoms with Gasteiger partial charge in [-0.05, 0) is 42.8 Å². The van der Waals surface area contributed by atoms with E-state index < -0.39 is 16.0 Å². The summed E-state index contributed by atoms with van der Waals surface area (Å²) in [5.41, 5.74) is 1.01. The van der Waals surface area contributed by atoms with Gasteiger partial charge in [0.05, 0.1) is 29.4 Å². The van der Waals surface area contributed by atoms with Gasteiger partial charge >= 0.3 is 5.97 Å². The molecule has 33 heavy (non-hydrogen) atoms. The van der Waals surface area contributed by atoms with Gasteiger partial charge in [-0.15, -0.1) is 11.8 Å². The van der Waals surface area contributed by atoms with Crippen LogP contribution in [0.5, 0.6) is 0 Å². The molecule has 1 saturated heterocycles. The maximum absolute atomic E-state index is 12.9. The molecule has 2 aliphatic rings. The van der Waals surface area contributed by atoms with Gasteiger partial charge < -0.3 is 14.4 Å². The van der Waals surface area contributed by atoms with Crippen molar-refractivity contribution in [2.24, 2.45) is 0 Å². The highest BCUT2D eigenvalue weighted by Crippen LogP contribution is 2.37. The monoisotopic (exact) mass is 490 g/mol. The van der Waals surface area contributed by atoms with Crippen LogP contribution in [0, 0.1) is 0 Å². The molecule has 1 atom stereocenters. The zero-order chi connectivity index (χ0) is 23.4. The molecule has 2 aromatic rings. The van der Waals surface area contributed by atoms with Gasteiger partial charge in [0.15, 0.2) is 6.61 Å². The van der Waals surface area contributed by atoms with Crippen LogP contribution in [0.3, 0.4) is 0 Å². The second-order valence-electron chi connectivity index (χ2n) is 7.85. The first-order valence-corrected chi connectivity index (χ1v) is 13.1. The first kappa shape index (κ1) is 23.7. The van der Waals surface area contributed by atoms with E-state index in [4.69, 9.17) is 9.47 Å². The van der Waals surface area contributed by atoms with Crippen LogP contribution < -0.4 is 4.90 Å². The molecule has 2 aromatic carbocycles. The summed E-state index contributed by atoms with van der Waals surface area (Å²) in [6.07, 6.45) is 0.831. The third kappa shape index (κ3) is 5.40. The summed E-state index contributed by atoms with van der Waals surface area (Å²) in [5, 5.41) is 0.374. The van der Waals surface area contributed by atoms with Crippen LogP contribution in [0.4, 0.5) is 5.69 Å². The Hall–Kier alpha value is -2.40. The average molecular weight is 491 g/mol. The van der Waals surface area contributed by atoms with Crippen molar-refractivity contribution in [3.05, 3.63) is 54.1 Å². The van der Waals surface area contributed by atoms with Crippen molar-refractivity contribution in [3.8, 4) is 0 Å². The van der Waals surface area contributed by atoms with Crippen LogP contribution in [-0.2, 0) is 24.3 Å². The molecule has 0 spiro atoms. The van der Waals surface area contributed by atoms with Crippen molar-refractivity contribution >= 4 is 39.3 Å². The number of esters is 1. The number of morpholine rings is 1. The molecular weight excluding hydrogens is 464 g/mol. The number of thioether (sulfide) groups is 1. The number of sulfonamides is 1. The predicted molar refractivity (Wildman–Crippen MR) is 125 cm³/mol. The lowest BCUT2D eigenvalue weighted by atomic mass is 10.2. The highest BCUT2D eigenvalue weighted by atomic mass is 32.2. The Morgan fingerprint density at radius 3 is 2.48 bits per heavy atom. The zero-order valence-electron chi connectivity index (χ0n) is 18.3. The Bertz CT molecular complexity index is 1110. The van der Waals surface area contributed by atoms with Crippen molar-refractivity contribution in [2.45, 2.75) is 28.4 Å². The minimum atomic E-state index is -3.64. The summed E-state index contributed by atoms with van der Waals surface area (Å²) in [6.45, 7) is 3.60. The van der Waals surface area contributed by atoms with E-state index in [1.807, 2.05) is 24.3 Å². The van der Waals surface area contributed by atoms with Crippen LogP contribution in [0.1, 0.15) is 23.7 Å². The maximum Gasteiger partial charge on any atom is 0.338 e. The van der Waals surface area contributed by atoms with Crippen LogP contribution >= 0.6 is 11.8 Å². The first-order chi connectivity index (χ1) is 15.9. The minimum Gasteiger partial charge on any atom is -0.452 e. The fourth-order valence-electron chi connectivity index (χ4n) is 3.73. The molecule has 0 aromatic heterocycles. The number of benzene rings is 2. The van der Waals surface area contributed by atoms with Gasteiger partial charge in [-0.1, -0.05) is 19.1 Å². The quantitative estimate of drug-likeness (QED) is 0.595. The molecule has 0 radical (unpaired) electrons. The van der Waals surface area contributed by atoms with Crippen molar-refractivity contribution in [3.63, 3.8) is 0 Å². The SMILES string of the molecule is CC1CCN(C(=O)COC(=O)c2ccc(S(=O)(=O)N3CCOCC3)cc2)c2ccccc2S1. The number of ether oxygens (including phenoxy) is 2. The minimum absolute atomic E-state index is 0.102. The highest BCUT2D eigenvalue weighted by molar-refractivity contribution is 8.00. The lowest BCUT2D eigenvalue weighted by molar-refractivity contribution is -0.121. The third-order valence-corrected chi connectivity index (χ3v) is 8.72. The number of amides is 1. The molecule has 0 N–H and O–H groups in total. The maximum atomic E-state index is 12.9. The largest absolute Gasteiger partial charge is 0.452 e. The third-order valence-electron chi connectivity index (χ3n) is 5.57. The van der Waals surface area contributed by atoms with E-state index >= 15 is 0 Å². The molecule has 0 bridgehead atoms. The second kappa shape index (κ2) is 10.3. The van der Waals surface area contributed by atoms with Crippen molar-refractivity contribution in [2.75, 3.05) is 44.4 Å². The van der Waals surface area contributed by atoms with E-state index in [-0.39, 0.29) is 23.0 Å². The summed E-state index contributed by atoms with van der Waals surface area (Å²) < 4.78 is 37.2. The molecule has 2 aliphatic heterocycles. The van der Waals surface area contributed by atoms with Crippen molar-refractivity contribution in [1.29, 1.82) is 0 Å². The number of hydrogen-bond acceptors (Lipinski definition) is 7. The van der Waals surface area contributed by atoms with Gasteiger partial charge in [-0.3, -0.25) is 4.79 Å². The molecule has 1 unspecified atom stereocenters. The number of carbonyl (C=O) groups excluding carboxylic acids is 2. The van der Waals surface area contributed by atoms with Gasteiger partial charge in [0, 0.05) is 29.8 Å². The average Bonchev–Trinajstić information content (AvgIpc) is 3.01. The Balaban J connectivity index is 1.39. The Morgan fingerprint density at radius 1 is 1.06 bits per heavy atom. The van der Waals surface area contributed by atoms with Gasteiger partial charge in [0.1, 0.15) is 0 Å². The van der Waals surface area contributed by atoms with Gasteiger partial charge in [-0.25, -0.2) is 13.2 Å². The van der Waals surface area contributed by atoms with E-state index in [0.717, 1.165) is 17.0 Å². The number of hydrogen-bond donors (Lipinski definition) is 0. The molecule has 0 aliphatic carbocycles. The molecule has 1 fully saturated rings. The molecule has 10 heteroatoms. The van der Waals surface area contributed by atoms with Gasteiger partial charge in [0.25, 0.3) is 5.91 Å². The normalized spacial score (nSPS) is 19.4. The summed E-state index contributed by atoms with van der Waals surface area (Å²) in [5.74, 6) is -0.971. The molecule has 176 valence electrons. The number of nitrogens with zero attached hydrogens (tertiary/aromatic N) is 2. The fraction of sp³-hybridized carbons (Fsp3) is 0.391. The summed E-state index contributed by atoms with van der Waals surface area (Å²) in [7, 11) is -3.64. The molecule has 1 amide bonds. The molecule has 2 heterocycles.